The molecule has 1 aromatic rings. The topological polar surface area (TPSA) is 77.7 Å². The van der Waals surface area contributed by atoms with Gasteiger partial charge in [0.25, 0.3) is 0 Å². The van der Waals surface area contributed by atoms with Gasteiger partial charge in [0.1, 0.15) is 11.4 Å². The van der Waals surface area contributed by atoms with Crippen molar-refractivity contribution in [2.45, 2.75) is 19.6 Å². The molecule has 19 heavy (non-hydrogen) atoms. The molecule has 0 saturated carbocycles. The van der Waals surface area contributed by atoms with E-state index >= 15 is 0 Å². The molecule has 104 valence electrons. The van der Waals surface area contributed by atoms with Crippen LogP contribution in [0.5, 0.6) is 5.75 Å². The predicted octanol–water partition coefficient (Wildman–Crippen LogP) is 3.61. The van der Waals surface area contributed by atoms with Gasteiger partial charge in [-0.3, -0.25) is 0 Å². The number of ether oxygens (including phenoxy) is 1. The first-order chi connectivity index (χ1) is 8.93. The Hall–Kier alpha value is -1.73. The Morgan fingerprint density at radius 2 is 2.26 bits per heavy atom. The van der Waals surface area contributed by atoms with E-state index in [-0.39, 0.29) is 16.5 Å². The zero-order valence-electron chi connectivity index (χ0n) is 9.90. The number of alkyl halides is 2. The summed E-state index contributed by atoms with van der Waals surface area (Å²) in [6.07, 6.45) is 0.363. The molecular formula is C11H12ClF2N3O2. The number of benzene rings is 1. The fraction of sp³-hybridized carbons (Fsp3) is 0.273. The van der Waals surface area contributed by atoms with Crippen LogP contribution in [0.1, 0.15) is 6.92 Å². The first-order valence-corrected chi connectivity index (χ1v) is 5.58. The third-order valence-corrected chi connectivity index (χ3v) is 2.40. The minimum Gasteiger partial charge on any atom is -0.433 e. The quantitative estimate of drug-likeness (QED) is 0.701. The molecule has 0 amide bonds. The second-order valence-electron chi connectivity index (χ2n) is 3.53. The molecule has 1 aromatic carbocycles. The van der Waals surface area contributed by atoms with Crippen LogP contribution in [0.25, 0.3) is 0 Å². The number of nitrogens with one attached hydrogen (secondary N) is 2. The van der Waals surface area contributed by atoms with Crippen molar-refractivity contribution in [2.24, 2.45) is 5.11 Å². The van der Waals surface area contributed by atoms with E-state index in [2.05, 4.69) is 15.2 Å². The Kier molecular flexibility index (Phi) is 5.65. The second-order valence-corrected chi connectivity index (χ2v) is 3.93. The fourth-order valence-corrected chi connectivity index (χ4v) is 1.35. The van der Waals surface area contributed by atoms with E-state index in [0.29, 0.717) is 5.69 Å². The van der Waals surface area contributed by atoms with Crippen LogP contribution in [0, 0.1) is 5.53 Å². The van der Waals surface area contributed by atoms with Gasteiger partial charge in [0, 0.05) is 18.0 Å². The summed E-state index contributed by atoms with van der Waals surface area (Å²) < 4.78 is 28.5. The van der Waals surface area contributed by atoms with Crippen molar-refractivity contribution in [2.75, 3.05) is 5.32 Å². The van der Waals surface area contributed by atoms with Crippen LogP contribution < -0.4 is 10.1 Å². The summed E-state index contributed by atoms with van der Waals surface area (Å²) in [4.78, 5) is 0. The number of nitrogens with zero attached hydrogens (tertiary/aromatic N) is 1. The van der Waals surface area contributed by atoms with Crippen molar-refractivity contribution in [3.8, 4) is 5.75 Å². The highest BCUT2D eigenvalue weighted by atomic mass is 35.5. The van der Waals surface area contributed by atoms with Gasteiger partial charge in [0.05, 0.1) is 11.1 Å². The summed E-state index contributed by atoms with van der Waals surface area (Å²) in [6.45, 7) is -1.53. The molecule has 3 N–H and O–H groups in total. The summed E-state index contributed by atoms with van der Waals surface area (Å²) in [5.41, 5.74) is 7.33. The molecule has 0 saturated heterocycles. The molecule has 0 radical (unpaired) electrons. The number of aliphatic hydroxyl groups is 1. The lowest BCUT2D eigenvalue weighted by Gasteiger charge is -2.09. The van der Waals surface area contributed by atoms with Crippen LogP contribution in [0.15, 0.2) is 35.2 Å². The van der Waals surface area contributed by atoms with Crippen LogP contribution in [-0.2, 0) is 0 Å². The molecule has 0 fully saturated rings. The molecule has 0 aliphatic carbocycles. The molecule has 1 rings (SSSR count). The third-order valence-electron chi connectivity index (χ3n) is 2.09. The summed E-state index contributed by atoms with van der Waals surface area (Å²) in [5.74, 6) is -0.170. The average Bonchev–Trinajstić information content (AvgIpc) is 2.32. The smallest absolute Gasteiger partial charge is 0.387 e. The van der Waals surface area contributed by atoms with Crippen LogP contribution in [0.3, 0.4) is 0 Å². The van der Waals surface area contributed by atoms with E-state index in [9.17, 15) is 13.9 Å². The van der Waals surface area contributed by atoms with Crippen LogP contribution in [0.2, 0.25) is 5.02 Å². The van der Waals surface area contributed by atoms with Crippen LogP contribution >= 0.6 is 11.6 Å². The first-order valence-electron chi connectivity index (χ1n) is 5.20. The maximum atomic E-state index is 12.1. The minimum absolute atomic E-state index is 0.0516. The normalized spacial score (nSPS) is 13.3. The molecule has 0 aliphatic rings. The van der Waals surface area contributed by atoms with Gasteiger partial charge in [-0.1, -0.05) is 11.6 Å². The van der Waals surface area contributed by atoms with Gasteiger partial charge in [-0.15, -0.1) is 0 Å². The van der Waals surface area contributed by atoms with Crippen molar-refractivity contribution in [3.63, 3.8) is 0 Å². The van der Waals surface area contributed by atoms with Gasteiger partial charge >= 0.3 is 6.61 Å². The van der Waals surface area contributed by atoms with Crippen molar-refractivity contribution >= 4 is 17.3 Å². The molecule has 0 spiro atoms. The third kappa shape index (κ3) is 4.80. The van der Waals surface area contributed by atoms with Gasteiger partial charge in [-0.05, 0) is 19.1 Å². The molecule has 1 atom stereocenters. The summed E-state index contributed by atoms with van der Waals surface area (Å²) >= 11 is 5.69. The van der Waals surface area contributed by atoms with Crippen molar-refractivity contribution in [1.82, 2.24) is 0 Å². The van der Waals surface area contributed by atoms with Gasteiger partial charge < -0.3 is 15.2 Å². The van der Waals surface area contributed by atoms with Gasteiger partial charge in [-0.25, -0.2) is 5.53 Å². The Morgan fingerprint density at radius 1 is 1.58 bits per heavy atom. The largest absolute Gasteiger partial charge is 0.433 e. The van der Waals surface area contributed by atoms with E-state index in [0.717, 1.165) is 0 Å². The SMILES string of the molecule is C[C@H](O)/C(=C/Nc1ccc(Cl)c(OC(F)F)c1)N=N. The Morgan fingerprint density at radius 3 is 2.79 bits per heavy atom. The molecule has 8 heteroatoms. The minimum atomic E-state index is -2.97. The number of halogens is 3. The van der Waals surface area contributed by atoms with E-state index in [4.69, 9.17) is 17.1 Å². The average molecular weight is 292 g/mol. The summed E-state index contributed by atoms with van der Waals surface area (Å²) in [7, 11) is 0. The summed E-state index contributed by atoms with van der Waals surface area (Å²) in [6, 6.07) is 4.19. The van der Waals surface area contributed by atoms with E-state index in [1.807, 2.05) is 0 Å². The van der Waals surface area contributed by atoms with Crippen molar-refractivity contribution in [1.29, 1.82) is 5.53 Å². The highest BCUT2D eigenvalue weighted by molar-refractivity contribution is 6.32. The highest BCUT2D eigenvalue weighted by Gasteiger charge is 2.09. The molecular weight excluding hydrogens is 280 g/mol. The highest BCUT2D eigenvalue weighted by Crippen LogP contribution is 2.29. The molecule has 0 bridgehead atoms. The zero-order valence-corrected chi connectivity index (χ0v) is 10.7. The Bertz CT molecular complexity index is 481. The molecule has 5 nitrogen and oxygen atoms in total. The summed E-state index contributed by atoms with van der Waals surface area (Å²) in [5, 5.41) is 15.1. The lowest BCUT2D eigenvalue weighted by Crippen LogP contribution is -2.05. The number of anilines is 1. The predicted molar refractivity (Wildman–Crippen MR) is 66.6 cm³/mol. The Balaban J connectivity index is 2.88. The van der Waals surface area contributed by atoms with Crippen molar-refractivity contribution < 1.29 is 18.6 Å². The molecule has 0 aromatic heterocycles. The lowest BCUT2D eigenvalue weighted by atomic mass is 10.3. The van der Waals surface area contributed by atoms with E-state index < -0.39 is 12.7 Å². The van der Waals surface area contributed by atoms with Crippen molar-refractivity contribution in [3.05, 3.63) is 35.1 Å². The first kappa shape index (κ1) is 15.3. The van der Waals surface area contributed by atoms with E-state index in [1.54, 1.807) is 0 Å². The van der Waals surface area contributed by atoms with Gasteiger partial charge in [0.2, 0.25) is 0 Å². The molecule has 0 aliphatic heterocycles. The fourth-order valence-electron chi connectivity index (χ4n) is 1.18. The number of aliphatic hydroxyl groups excluding tert-OH is 1. The number of hydrogen-bond acceptors (Lipinski definition) is 5. The van der Waals surface area contributed by atoms with E-state index in [1.165, 1.54) is 31.3 Å². The van der Waals surface area contributed by atoms with Crippen LogP contribution in [-0.4, -0.2) is 17.8 Å². The maximum Gasteiger partial charge on any atom is 0.387 e. The maximum absolute atomic E-state index is 12.1. The standard InChI is InChI=1S/C11H12ClF2N3O2/c1-6(18)9(17-15)5-16-7-2-3-8(12)10(4-7)19-11(13)14/h2-6,11,15-16,18H,1H3/b9-5-,17-15?/t6-/m0/s1. The zero-order chi connectivity index (χ0) is 14.4. The lowest BCUT2D eigenvalue weighted by molar-refractivity contribution is -0.0497. The Labute approximate surface area is 113 Å². The molecule has 0 unspecified atom stereocenters. The van der Waals surface area contributed by atoms with Gasteiger partial charge in [0.15, 0.2) is 0 Å². The second kappa shape index (κ2) is 7.01. The number of rotatable bonds is 6. The van der Waals surface area contributed by atoms with Gasteiger partial charge in [-0.2, -0.15) is 13.9 Å². The number of hydrogen-bond donors (Lipinski definition) is 3. The monoisotopic (exact) mass is 291 g/mol. The molecule has 0 heterocycles. The van der Waals surface area contributed by atoms with Crippen LogP contribution in [0.4, 0.5) is 14.5 Å².